The van der Waals surface area contributed by atoms with Crippen LogP contribution in [0.15, 0.2) is 60.7 Å². The Labute approximate surface area is 144 Å². The number of nitrogens with zero attached hydrogens (tertiary/aromatic N) is 1. The van der Waals surface area contributed by atoms with Gasteiger partial charge in [0.1, 0.15) is 12.2 Å². The zero-order valence-corrected chi connectivity index (χ0v) is 13.5. The van der Waals surface area contributed by atoms with Crippen LogP contribution in [0, 0.1) is 0 Å². The summed E-state index contributed by atoms with van der Waals surface area (Å²) in [4.78, 5) is 25.6. The Hall–Kier alpha value is -3.12. The van der Waals surface area contributed by atoms with Crippen LogP contribution < -0.4 is 4.90 Å². The average Bonchev–Trinajstić information content (AvgIpc) is 2.87. The summed E-state index contributed by atoms with van der Waals surface area (Å²) in [6.07, 6.45) is 0.703. The number of phenols is 1. The lowest BCUT2D eigenvalue weighted by Gasteiger charge is -2.35. The molecule has 1 aliphatic heterocycles. The Morgan fingerprint density at radius 1 is 1.12 bits per heavy atom. The van der Waals surface area contributed by atoms with E-state index in [1.807, 2.05) is 6.07 Å². The summed E-state index contributed by atoms with van der Waals surface area (Å²) in [5.41, 5.74) is -0.898. The molecule has 0 spiro atoms. The molecule has 0 saturated carbocycles. The van der Waals surface area contributed by atoms with Crippen LogP contribution in [0.25, 0.3) is 5.70 Å². The molecular formula is C19H17NO5. The van der Waals surface area contributed by atoms with E-state index in [-0.39, 0.29) is 11.4 Å². The van der Waals surface area contributed by atoms with Gasteiger partial charge in [0.15, 0.2) is 0 Å². The Balaban J connectivity index is 2.16. The van der Waals surface area contributed by atoms with Crippen molar-refractivity contribution in [1.82, 2.24) is 0 Å². The summed E-state index contributed by atoms with van der Waals surface area (Å²) in [5, 5.41) is 21.3. The van der Waals surface area contributed by atoms with Crippen molar-refractivity contribution in [2.24, 2.45) is 0 Å². The molecule has 0 aromatic heterocycles. The van der Waals surface area contributed by atoms with Crippen molar-refractivity contribution in [2.75, 3.05) is 12.0 Å². The number of aromatic hydroxyl groups is 1. The number of rotatable bonds is 4. The van der Waals surface area contributed by atoms with Gasteiger partial charge in [-0.15, -0.1) is 0 Å². The minimum absolute atomic E-state index is 0.123. The van der Waals surface area contributed by atoms with E-state index in [0.717, 1.165) is 0 Å². The SMILES string of the molecule is COC(=O)CC1(O)C(=O)C=C(c2ccccc2)N1c1ccccc1O. The van der Waals surface area contributed by atoms with Crippen LogP contribution in [0.1, 0.15) is 12.0 Å². The predicted octanol–water partition coefficient (Wildman–Crippen LogP) is 2.07. The summed E-state index contributed by atoms with van der Waals surface area (Å²) < 4.78 is 4.62. The third-order valence-electron chi connectivity index (χ3n) is 4.08. The molecule has 0 bridgehead atoms. The Morgan fingerprint density at radius 3 is 2.40 bits per heavy atom. The van der Waals surface area contributed by atoms with Gasteiger partial charge in [-0.3, -0.25) is 9.59 Å². The molecule has 0 radical (unpaired) electrons. The molecule has 2 aromatic rings. The zero-order chi connectivity index (χ0) is 18.0. The van der Waals surface area contributed by atoms with Crippen LogP contribution in [0.2, 0.25) is 0 Å². The van der Waals surface area contributed by atoms with Crippen LogP contribution in [0.5, 0.6) is 5.75 Å². The maximum atomic E-state index is 12.6. The van der Waals surface area contributed by atoms with Gasteiger partial charge in [-0.25, -0.2) is 0 Å². The molecule has 1 aliphatic rings. The quantitative estimate of drug-likeness (QED) is 0.829. The highest BCUT2D eigenvalue weighted by atomic mass is 16.5. The summed E-state index contributed by atoms with van der Waals surface area (Å²) >= 11 is 0. The highest BCUT2D eigenvalue weighted by Gasteiger charge is 2.50. The van der Waals surface area contributed by atoms with E-state index in [4.69, 9.17) is 0 Å². The first-order chi connectivity index (χ1) is 12.0. The number of hydrogen-bond donors (Lipinski definition) is 2. The van der Waals surface area contributed by atoms with E-state index >= 15 is 0 Å². The molecule has 1 unspecified atom stereocenters. The molecule has 25 heavy (non-hydrogen) atoms. The second-order valence-corrected chi connectivity index (χ2v) is 5.65. The topological polar surface area (TPSA) is 87.1 Å². The van der Waals surface area contributed by atoms with Crippen LogP contribution in [0.3, 0.4) is 0 Å². The van der Waals surface area contributed by atoms with Crippen molar-refractivity contribution in [1.29, 1.82) is 0 Å². The molecule has 2 N–H and O–H groups in total. The number of benzene rings is 2. The van der Waals surface area contributed by atoms with Crippen LogP contribution in [0.4, 0.5) is 5.69 Å². The number of esters is 1. The molecule has 0 amide bonds. The van der Waals surface area contributed by atoms with Gasteiger partial charge in [0.2, 0.25) is 11.5 Å². The third kappa shape index (κ3) is 2.88. The van der Waals surface area contributed by atoms with Gasteiger partial charge in [0.05, 0.1) is 18.5 Å². The van der Waals surface area contributed by atoms with E-state index in [9.17, 15) is 19.8 Å². The van der Waals surface area contributed by atoms with Gasteiger partial charge in [-0.05, 0) is 17.7 Å². The van der Waals surface area contributed by atoms with Crippen molar-refractivity contribution < 1.29 is 24.5 Å². The third-order valence-corrected chi connectivity index (χ3v) is 4.08. The molecule has 0 saturated heterocycles. The number of carbonyl (C=O) groups excluding carboxylic acids is 2. The van der Waals surface area contributed by atoms with Crippen LogP contribution in [-0.2, 0) is 14.3 Å². The fraction of sp³-hybridized carbons (Fsp3) is 0.158. The Morgan fingerprint density at radius 2 is 1.76 bits per heavy atom. The summed E-state index contributed by atoms with van der Waals surface area (Å²) in [6, 6.07) is 15.3. The average molecular weight is 339 g/mol. The largest absolute Gasteiger partial charge is 0.506 e. The monoisotopic (exact) mass is 339 g/mol. The number of ether oxygens (including phenoxy) is 1. The van der Waals surface area contributed by atoms with Gasteiger partial charge in [0.25, 0.3) is 0 Å². The molecular weight excluding hydrogens is 322 g/mol. The Bertz CT molecular complexity index is 846. The minimum atomic E-state index is -2.17. The molecule has 6 heteroatoms. The molecule has 1 atom stereocenters. The summed E-state index contributed by atoms with van der Waals surface area (Å²) in [5.74, 6) is -1.51. The molecule has 0 fully saturated rings. The van der Waals surface area contributed by atoms with Crippen molar-refractivity contribution in [2.45, 2.75) is 12.1 Å². The normalized spacial score (nSPS) is 19.7. The molecule has 1 heterocycles. The van der Waals surface area contributed by atoms with Gasteiger partial charge in [0, 0.05) is 6.08 Å². The predicted molar refractivity (Wildman–Crippen MR) is 91.6 cm³/mol. The highest BCUT2D eigenvalue weighted by molar-refractivity contribution is 6.14. The van der Waals surface area contributed by atoms with Crippen LogP contribution >= 0.6 is 0 Å². The number of carbonyl (C=O) groups is 2. The fourth-order valence-electron chi connectivity index (χ4n) is 2.86. The number of hydrogen-bond acceptors (Lipinski definition) is 6. The Kier molecular flexibility index (Phi) is 4.29. The standard InChI is InChI=1S/C19H17NO5/c1-25-18(23)12-19(24)17(22)11-15(13-7-3-2-4-8-13)20(19)14-9-5-6-10-16(14)21/h2-11,21,24H,12H2,1H3. The maximum absolute atomic E-state index is 12.6. The summed E-state index contributed by atoms with van der Waals surface area (Å²) in [6.45, 7) is 0. The zero-order valence-electron chi connectivity index (χ0n) is 13.5. The second-order valence-electron chi connectivity index (χ2n) is 5.65. The number of para-hydroxylation sites is 2. The summed E-state index contributed by atoms with van der Waals surface area (Å²) in [7, 11) is 1.18. The maximum Gasteiger partial charge on any atom is 0.310 e. The molecule has 6 nitrogen and oxygen atoms in total. The van der Waals surface area contributed by atoms with Crippen molar-refractivity contribution in [3.8, 4) is 5.75 Å². The van der Waals surface area contributed by atoms with E-state index < -0.39 is 23.9 Å². The van der Waals surface area contributed by atoms with E-state index in [2.05, 4.69) is 4.74 Å². The van der Waals surface area contributed by atoms with E-state index in [1.165, 1.54) is 24.2 Å². The van der Waals surface area contributed by atoms with E-state index in [0.29, 0.717) is 11.3 Å². The molecule has 3 rings (SSSR count). The number of aliphatic hydroxyl groups is 1. The first-order valence-corrected chi connectivity index (χ1v) is 7.66. The van der Waals surface area contributed by atoms with Gasteiger partial charge in [-0.2, -0.15) is 0 Å². The number of phenolic OH excluding ortho intramolecular Hbond substituents is 1. The molecule has 128 valence electrons. The number of methoxy groups -OCH3 is 1. The van der Waals surface area contributed by atoms with Crippen LogP contribution in [-0.4, -0.2) is 34.8 Å². The van der Waals surface area contributed by atoms with Crippen molar-refractivity contribution >= 4 is 23.1 Å². The fourth-order valence-corrected chi connectivity index (χ4v) is 2.86. The number of anilines is 1. The van der Waals surface area contributed by atoms with E-state index in [1.54, 1.807) is 42.5 Å². The lowest BCUT2D eigenvalue weighted by atomic mass is 10.0. The van der Waals surface area contributed by atoms with Crippen molar-refractivity contribution in [3.63, 3.8) is 0 Å². The van der Waals surface area contributed by atoms with Gasteiger partial charge >= 0.3 is 5.97 Å². The first-order valence-electron chi connectivity index (χ1n) is 7.66. The lowest BCUT2D eigenvalue weighted by Crippen LogP contribution is -2.51. The van der Waals surface area contributed by atoms with Gasteiger partial charge < -0.3 is 19.8 Å². The first kappa shape index (κ1) is 16.7. The minimum Gasteiger partial charge on any atom is -0.506 e. The van der Waals surface area contributed by atoms with Gasteiger partial charge in [-0.1, -0.05) is 42.5 Å². The second kappa shape index (κ2) is 6.41. The lowest BCUT2D eigenvalue weighted by molar-refractivity contribution is -0.150. The molecule has 2 aromatic carbocycles. The molecule has 0 aliphatic carbocycles. The number of ketones is 1. The van der Waals surface area contributed by atoms with Crippen molar-refractivity contribution in [3.05, 3.63) is 66.2 Å². The smallest absolute Gasteiger partial charge is 0.310 e. The highest BCUT2D eigenvalue weighted by Crippen LogP contribution is 2.43.